The smallest absolute Gasteiger partial charge is 0.362 e. The molecule has 1 aromatic heterocycles. The topological polar surface area (TPSA) is 212 Å². The van der Waals surface area contributed by atoms with Crippen molar-refractivity contribution in [2.45, 2.75) is 24.7 Å². The Balaban J connectivity index is 1.58. The van der Waals surface area contributed by atoms with Gasteiger partial charge in [-0.1, -0.05) is 0 Å². The van der Waals surface area contributed by atoms with E-state index in [1.807, 2.05) is 0 Å². The van der Waals surface area contributed by atoms with Crippen molar-refractivity contribution in [2.75, 3.05) is 34.8 Å². The van der Waals surface area contributed by atoms with Crippen LogP contribution in [0.3, 0.4) is 0 Å². The summed E-state index contributed by atoms with van der Waals surface area (Å²) in [4.78, 5) is 52.4. The number of amides is 1. The molecule has 2 aromatic rings. The third-order valence-corrected chi connectivity index (χ3v) is 4.84. The molecular weight excluding hydrogens is 441 g/mol. The highest BCUT2D eigenvalue weighted by Crippen LogP contribution is 2.21. The molecule has 1 amide bonds. The van der Waals surface area contributed by atoms with Crippen LogP contribution < -0.4 is 32.6 Å². The van der Waals surface area contributed by atoms with Crippen LogP contribution in [-0.2, 0) is 9.59 Å². The number of carboxylic acid groups (broad SMARTS) is 2. The van der Waals surface area contributed by atoms with Gasteiger partial charge in [0.2, 0.25) is 5.95 Å². The fourth-order valence-electron chi connectivity index (χ4n) is 3.09. The van der Waals surface area contributed by atoms with E-state index in [1.165, 1.54) is 24.3 Å². The molecule has 0 saturated heterocycles. The van der Waals surface area contributed by atoms with Crippen molar-refractivity contribution in [1.29, 1.82) is 0 Å². The Morgan fingerprint density at radius 2 is 1.94 bits per heavy atom. The molecule has 14 heteroatoms. The van der Waals surface area contributed by atoms with Crippen LogP contribution in [0.1, 0.15) is 23.2 Å². The monoisotopic (exact) mass is 463 g/mol. The van der Waals surface area contributed by atoms with Crippen molar-refractivity contribution < 1.29 is 29.0 Å². The van der Waals surface area contributed by atoms with E-state index in [9.17, 15) is 23.6 Å². The zero-order chi connectivity index (χ0) is 24.2. The molecule has 0 saturated carbocycles. The first-order valence-corrected chi connectivity index (χ1v) is 9.78. The number of carboxylic acids is 2. The largest absolute Gasteiger partial charge is 0.481 e. The summed E-state index contributed by atoms with van der Waals surface area (Å²) in [6.45, 7) is 0.851. The van der Waals surface area contributed by atoms with Gasteiger partial charge in [0.1, 0.15) is 5.69 Å². The van der Waals surface area contributed by atoms with Crippen molar-refractivity contribution in [2.24, 2.45) is 0 Å². The first-order chi connectivity index (χ1) is 15.6. The van der Waals surface area contributed by atoms with Crippen LogP contribution in [0.25, 0.3) is 0 Å². The van der Waals surface area contributed by atoms with Gasteiger partial charge in [0.15, 0.2) is 5.82 Å². The molecule has 0 spiro atoms. The summed E-state index contributed by atoms with van der Waals surface area (Å²) in [5, 5.41) is 28.6. The van der Waals surface area contributed by atoms with E-state index in [-0.39, 0.29) is 23.2 Å². The number of nitrogen functional groups attached to an aromatic ring is 1. The Kier molecular flexibility index (Phi) is 6.65. The molecule has 1 aliphatic heterocycles. The maximum absolute atomic E-state index is 14.5. The summed E-state index contributed by atoms with van der Waals surface area (Å²) >= 11 is 0. The summed E-state index contributed by atoms with van der Waals surface area (Å²) in [6, 6.07) is 5.61. The van der Waals surface area contributed by atoms with Gasteiger partial charge in [0.25, 0.3) is 17.3 Å². The lowest BCUT2D eigenvalue weighted by molar-refractivity contribution is -0.154. The SMILES string of the molecule is Nc1nc2c(c(=O)[nH]1)NC(CNc1ccc(C(=O)N[C@@](F)(CCC(=O)O)C(=O)O)cc1)CN2. The Labute approximate surface area is 185 Å². The minimum absolute atomic E-state index is 0.00370. The molecule has 1 aromatic carbocycles. The van der Waals surface area contributed by atoms with Crippen LogP contribution in [-0.4, -0.2) is 63.0 Å². The van der Waals surface area contributed by atoms with E-state index in [0.717, 1.165) is 0 Å². The lowest BCUT2D eigenvalue weighted by Gasteiger charge is -2.27. The molecule has 3 rings (SSSR count). The van der Waals surface area contributed by atoms with Crippen LogP contribution in [0, 0.1) is 0 Å². The molecule has 1 unspecified atom stereocenters. The first-order valence-electron chi connectivity index (χ1n) is 9.78. The molecule has 0 fully saturated rings. The number of benzene rings is 1. The zero-order valence-electron chi connectivity index (χ0n) is 17.1. The summed E-state index contributed by atoms with van der Waals surface area (Å²) in [6.07, 6.45) is -1.69. The van der Waals surface area contributed by atoms with E-state index < -0.39 is 42.0 Å². The van der Waals surface area contributed by atoms with Crippen molar-refractivity contribution in [3.05, 3.63) is 40.2 Å². The van der Waals surface area contributed by atoms with Crippen molar-refractivity contribution in [3.63, 3.8) is 0 Å². The molecular formula is C19H22FN7O6. The highest BCUT2D eigenvalue weighted by atomic mass is 19.1. The predicted octanol–water partition coefficient (Wildman–Crippen LogP) is 0.0152. The quantitative estimate of drug-likeness (QED) is 0.232. The number of aromatic nitrogens is 2. The van der Waals surface area contributed by atoms with Crippen LogP contribution in [0.4, 0.5) is 27.5 Å². The number of H-pyrrole nitrogens is 1. The minimum atomic E-state index is -3.21. The van der Waals surface area contributed by atoms with Crippen molar-refractivity contribution in [3.8, 4) is 0 Å². The molecule has 2 atom stereocenters. The predicted molar refractivity (Wildman–Crippen MR) is 116 cm³/mol. The second-order valence-corrected chi connectivity index (χ2v) is 7.31. The molecule has 0 radical (unpaired) electrons. The fraction of sp³-hybridized carbons (Fsp3) is 0.316. The van der Waals surface area contributed by atoms with Crippen LogP contribution >= 0.6 is 0 Å². The molecule has 2 heterocycles. The normalized spacial score (nSPS) is 16.3. The Hall–Kier alpha value is -4.36. The summed E-state index contributed by atoms with van der Waals surface area (Å²) < 4.78 is 14.5. The number of aromatic amines is 1. The highest BCUT2D eigenvalue weighted by molar-refractivity contribution is 5.97. The van der Waals surface area contributed by atoms with Gasteiger partial charge in [-0.05, 0) is 24.3 Å². The average molecular weight is 463 g/mol. The average Bonchev–Trinajstić information content (AvgIpc) is 2.76. The van der Waals surface area contributed by atoms with Gasteiger partial charge in [-0.2, -0.15) is 4.98 Å². The molecule has 9 N–H and O–H groups in total. The van der Waals surface area contributed by atoms with E-state index in [4.69, 9.17) is 15.9 Å². The van der Waals surface area contributed by atoms with Gasteiger partial charge in [-0.3, -0.25) is 19.4 Å². The van der Waals surface area contributed by atoms with Crippen LogP contribution in [0.5, 0.6) is 0 Å². The van der Waals surface area contributed by atoms with Crippen molar-refractivity contribution in [1.82, 2.24) is 15.3 Å². The maximum Gasteiger partial charge on any atom is 0.362 e. The number of aliphatic carboxylic acids is 2. The number of rotatable bonds is 9. The number of hydrogen-bond acceptors (Lipinski definition) is 9. The highest BCUT2D eigenvalue weighted by Gasteiger charge is 2.40. The minimum Gasteiger partial charge on any atom is -0.481 e. The van der Waals surface area contributed by atoms with Gasteiger partial charge in [0, 0.05) is 30.8 Å². The van der Waals surface area contributed by atoms with Gasteiger partial charge in [-0.15, -0.1) is 0 Å². The molecule has 0 bridgehead atoms. The molecule has 176 valence electrons. The number of nitrogens with zero attached hydrogens (tertiary/aromatic N) is 1. The van der Waals surface area contributed by atoms with Gasteiger partial charge < -0.3 is 37.2 Å². The van der Waals surface area contributed by atoms with Gasteiger partial charge in [-0.25, -0.2) is 9.18 Å². The van der Waals surface area contributed by atoms with E-state index in [0.29, 0.717) is 24.6 Å². The number of nitrogens with two attached hydrogens (primary N) is 1. The Morgan fingerprint density at radius 1 is 1.24 bits per heavy atom. The number of carbonyl (C=O) groups is 3. The van der Waals surface area contributed by atoms with E-state index in [1.54, 1.807) is 5.32 Å². The van der Waals surface area contributed by atoms with Gasteiger partial charge in [0.05, 0.1) is 12.5 Å². The Bertz CT molecular complexity index is 1120. The molecule has 13 nitrogen and oxygen atoms in total. The van der Waals surface area contributed by atoms with Gasteiger partial charge >= 0.3 is 11.9 Å². The Morgan fingerprint density at radius 3 is 2.58 bits per heavy atom. The third-order valence-electron chi connectivity index (χ3n) is 4.84. The summed E-state index contributed by atoms with van der Waals surface area (Å²) in [7, 11) is 0. The van der Waals surface area contributed by atoms with Crippen LogP contribution in [0.15, 0.2) is 29.1 Å². The third kappa shape index (κ3) is 5.66. The molecule has 0 aliphatic carbocycles. The van der Waals surface area contributed by atoms with E-state index in [2.05, 4.69) is 25.9 Å². The fourth-order valence-corrected chi connectivity index (χ4v) is 3.09. The molecule has 33 heavy (non-hydrogen) atoms. The first kappa shape index (κ1) is 23.3. The second-order valence-electron chi connectivity index (χ2n) is 7.31. The molecule has 1 aliphatic rings. The summed E-state index contributed by atoms with van der Waals surface area (Å²) in [5.41, 5.74) is 5.97. The number of halogens is 1. The van der Waals surface area contributed by atoms with Crippen LogP contribution in [0.2, 0.25) is 0 Å². The number of alkyl halides is 1. The lowest BCUT2D eigenvalue weighted by atomic mass is 10.1. The number of fused-ring (bicyclic) bond motifs is 1. The number of carbonyl (C=O) groups excluding carboxylic acids is 1. The number of hydrogen-bond donors (Lipinski definition) is 8. The maximum atomic E-state index is 14.5. The second kappa shape index (κ2) is 9.42. The zero-order valence-corrected chi connectivity index (χ0v) is 17.1. The number of anilines is 4. The summed E-state index contributed by atoms with van der Waals surface area (Å²) in [5.74, 6) is -7.22. The van der Waals surface area contributed by atoms with E-state index >= 15 is 0 Å². The lowest BCUT2D eigenvalue weighted by Crippen LogP contribution is -2.51. The number of nitrogens with one attached hydrogen (secondary N) is 5. The van der Waals surface area contributed by atoms with Crippen molar-refractivity contribution >= 4 is 41.0 Å². The standard InChI is InChI=1S/C19H22FN7O6/c20-19(17(32)33,6-5-12(28)29)27-15(30)9-1-3-10(4-2-9)22-7-11-8-23-14-13(24-11)16(31)26-18(21)25-14/h1-4,11,22,24H,5-8H2,(H,27,30)(H,28,29)(H,32,33)(H4,21,23,25,26,31)/t11?,19-/m0/s1.